The Morgan fingerprint density at radius 1 is 1.29 bits per heavy atom. The van der Waals surface area contributed by atoms with Crippen LogP contribution < -0.4 is 5.32 Å². The van der Waals surface area contributed by atoms with Gasteiger partial charge in [-0.2, -0.15) is 5.10 Å². The van der Waals surface area contributed by atoms with E-state index in [-0.39, 0.29) is 11.8 Å². The van der Waals surface area contributed by atoms with Gasteiger partial charge in [-0.05, 0) is 43.0 Å². The third-order valence-electron chi connectivity index (χ3n) is 4.46. The summed E-state index contributed by atoms with van der Waals surface area (Å²) in [4.78, 5) is 13.5. The smallest absolute Gasteiger partial charge is 0.226 e. The highest BCUT2D eigenvalue weighted by Crippen LogP contribution is 2.42. The van der Waals surface area contributed by atoms with Gasteiger partial charge in [0.1, 0.15) is 5.82 Å². The number of amides is 1. The summed E-state index contributed by atoms with van der Waals surface area (Å²) in [6.45, 7) is 3.95. The number of carbonyl (C=O) groups is 1. The molecular formula is C18H16ClN3OS. The fourth-order valence-electron chi connectivity index (χ4n) is 3.28. The number of fused-ring (bicyclic) bond motifs is 1. The average Bonchev–Trinajstić information content (AvgIpc) is 3.18. The van der Waals surface area contributed by atoms with Crippen molar-refractivity contribution in [3.05, 3.63) is 62.4 Å². The number of anilines is 1. The van der Waals surface area contributed by atoms with Crippen molar-refractivity contribution in [2.75, 3.05) is 5.32 Å². The minimum Gasteiger partial charge on any atom is -0.310 e. The van der Waals surface area contributed by atoms with E-state index >= 15 is 0 Å². The minimum absolute atomic E-state index is 0.0155. The van der Waals surface area contributed by atoms with Gasteiger partial charge in [0.25, 0.3) is 0 Å². The Hall–Kier alpha value is -2.11. The monoisotopic (exact) mass is 357 g/mol. The quantitative estimate of drug-likeness (QED) is 0.724. The number of nitrogens with one attached hydrogen (secondary N) is 1. The first-order valence-electron chi connectivity index (χ1n) is 7.74. The van der Waals surface area contributed by atoms with E-state index in [4.69, 9.17) is 16.7 Å². The predicted octanol–water partition coefficient (Wildman–Crippen LogP) is 4.68. The molecule has 0 radical (unpaired) electrons. The lowest BCUT2D eigenvalue weighted by Gasteiger charge is -2.23. The van der Waals surface area contributed by atoms with Gasteiger partial charge in [-0.1, -0.05) is 23.7 Å². The van der Waals surface area contributed by atoms with Gasteiger partial charge in [-0.3, -0.25) is 4.79 Å². The highest BCUT2D eigenvalue weighted by Gasteiger charge is 2.33. The fourth-order valence-corrected chi connectivity index (χ4v) is 4.29. The Morgan fingerprint density at radius 3 is 2.88 bits per heavy atom. The Bertz CT molecular complexity index is 930. The van der Waals surface area contributed by atoms with Crippen LogP contribution in [0.25, 0.3) is 5.69 Å². The zero-order valence-electron chi connectivity index (χ0n) is 13.3. The van der Waals surface area contributed by atoms with E-state index in [2.05, 4.69) is 11.4 Å². The van der Waals surface area contributed by atoms with Crippen LogP contribution >= 0.6 is 22.9 Å². The zero-order valence-corrected chi connectivity index (χ0v) is 14.9. The molecule has 0 saturated heterocycles. The van der Waals surface area contributed by atoms with Crippen molar-refractivity contribution in [3.8, 4) is 5.69 Å². The van der Waals surface area contributed by atoms with E-state index in [0.29, 0.717) is 11.4 Å². The molecule has 1 aliphatic heterocycles. The van der Waals surface area contributed by atoms with Gasteiger partial charge in [0, 0.05) is 27.8 Å². The van der Waals surface area contributed by atoms with Gasteiger partial charge in [-0.15, -0.1) is 11.3 Å². The molecule has 24 heavy (non-hydrogen) atoms. The van der Waals surface area contributed by atoms with E-state index < -0.39 is 0 Å². The van der Waals surface area contributed by atoms with E-state index in [1.165, 1.54) is 4.88 Å². The maximum absolute atomic E-state index is 12.3. The maximum Gasteiger partial charge on any atom is 0.226 e. The Morgan fingerprint density at radius 2 is 2.12 bits per heavy atom. The number of rotatable bonds is 2. The predicted molar refractivity (Wildman–Crippen MR) is 97.5 cm³/mol. The summed E-state index contributed by atoms with van der Waals surface area (Å²) in [5.41, 5.74) is 3.86. The summed E-state index contributed by atoms with van der Waals surface area (Å²) in [5, 5.41) is 10.4. The van der Waals surface area contributed by atoms with Crippen LogP contribution in [0, 0.1) is 13.8 Å². The minimum atomic E-state index is 0.0155. The second-order valence-corrected chi connectivity index (χ2v) is 7.35. The van der Waals surface area contributed by atoms with E-state index in [0.717, 1.165) is 28.3 Å². The van der Waals surface area contributed by atoms with Crippen LogP contribution in [0.5, 0.6) is 0 Å². The number of hydrogen-bond donors (Lipinski definition) is 1. The summed E-state index contributed by atoms with van der Waals surface area (Å²) >= 11 is 7.94. The molecule has 2 aromatic heterocycles. The topological polar surface area (TPSA) is 46.9 Å². The maximum atomic E-state index is 12.3. The van der Waals surface area contributed by atoms with Crippen molar-refractivity contribution in [1.29, 1.82) is 0 Å². The van der Waals surface area contributed by atoms with Crippen molar-refractivity contribution in [2.24, 2.45) is 0 Å². The number of aryl methyl sites for hydroxylation is 1. The number of nitrogens with zero attached hydrogens (tertiary/aromatic N) is 2. The van der Waals surface area contributed by atoms with Crippen LogP contribution in [0.4, 0.5) is 5.82 Å². The third-order valence-corrected chi connectivity index (χ3v) is 5.85. The van der Waals surface area contributed by atoms with E-state index in [9.17, 15) is 4.79 Å². The van der Waals surface area contributed by atoms with Crippen LogP contribution in [0.1, 0.15) is 34.0 Å². The molecule has 0 spiro atoms. The molecule has 3 heterocycles. The number of carbonyl (C=O) groups excluding carboxylic acids is 1. The van der Waals surface area contributed by atoms with Gasteiger partial charge >= 0.3 is 0 Å². The van der Waals surface area contributed by atoms with Gasteiger partial charge in [0.2, 0.25) is 5.91 Å². The van der Waals surface area contributed by atoms with Gasteiger partial charge in [-0.25, -0.2) is 4.68 Å². The highest BCUT2D eigenvalue weighted by atomic mass is 35.5. The van der Waals surface area contributed by atoms with E-state index in [1.807, 2.05) is 48.2 Å². The van der Waals surface area contributed by atoms with Crippen LogP contribution in [0.3, 0.4) is 0 Å². The standard InChI is InChI=1S/C18H16ClN3OS/c1-10-13(19)5-3-6-14(10)22-18-17(11(2)21-22)12(9-16(23)20-18)15-7-4-8-24-15/h3-8,12H,9H2,1-2H3,(H,20,23)/t12-/m1/s1. The lowest BCUT2D eigenvalue weighted by atomic mass is 9.91. The Balaban J connectivity index is 1.93. The molecule has 0 unspecified atom stereocenters. The first-order valence-corrected chi connectivity index (χ1v) is 9.00. The number of aromatic nitrogens is 2. The average molecular weight is 358 g/mol. The molecule has 3 aromatic rings. The lowest BCUT2D eigenvalue weighted by Crippen LogP contribution is -2.24. The van der Waals surface area contributed by atoms with Crippen molar-refractivity contribution < 1.29 is 4.79 Å². The number of thiophene rings is 1. The summed E-state index contributed by atoms with van der Waals surface area (Å²) in [6.07, 6.45) is 0.453. The molecule has 122 valence electrons. The first kappa shape index (κ1) is 15.4. The molecule has 1 N–H and O–H groups in total. The molecule has 1 aliphatic rings. The molecule has 1 aromatic carbocycles. The largest absolute Gasteiger partial charge is 0.310 e. The Labute approximate surface area is 149 Å². The number of hydrogen-bond acceptors (Lipinski definition) is 3. The lowest BCUT2D eigenvalue weighted by molar-refractivity contribution is -0.116. The first-order chi connectivity index (χ1) is 11.6. The molecule has 1 atom stereocenters. The van der Waals surface area contributed by atoms with Crippen LogP contribution in [-0.4, -0.2) is 15.7 Å². The molecule has 6 heteroatoms. The van der Waals surface area contributed by atoms with Crippen molar-refractivity contribution in [3.63, 3.8) is 0 Å². The number of benzene rings is 1. The summed E-state index contributed by atoms with van der Waals surface area (Å²) in [7, 11) is 0. The Kier molecular flexibility index (Phi) is 3.70. The normalized spacial score (nSPS) is 16.8. The van der Waals surface area contributed by atoms with E-state index in [1.54, 1.807) is 11.3 Å². The van der Waals surface area contributed by atoms with Crippen molar-refractivity contribution in [1.82, 2.24) is 9.78 Å². The summed E-state index contributed by atoms with van der Waals surface area (Å²) in [6, 6.07) is 9.83. The second kappa shape index (κ2) is 5.76. The van der Waals surface area contributed by atoms with Gasteiger partial charge in [0.15, 0.2) is 0 Å². The summed E-state index contributed by atoms with van der Waals surface area (Å²) < 4.78 is 1.81. The van der Waals surface area contributed by atoms with Gasteiger partial charge < -0.3 is 5.32 Å². The molecule has 4 rings (SSSR count). The van der Waals surface area contributed by atoms with Crippen LogP contribution in [0.2, 0.25) is 5.02 Å². The molecule has 0 saturated carbocycles. The molecule has 0 fully saturated rings. The molecule has 0 aliphatic carbocycles. The third kappa shape index (κ3) is 2.36. The zero-order chi connectivity index (χ0) is 16.8. The molecule has 1 amide bonds. The number of halogens is 1. The highest BCUT2D eigenvalue weighted by molar-refractivity contribution is 7.10. The molecular weight excluding hydrogens is 342 g/mol. The fraction of sp³-hybridized carbons (Fsp3) is 0.222. The van der Waals surface area contributed by atoms with Crippen LogP contribution in [-0.2, 0) is 4.79 Å². The summed E-state index contributed by atoms with van der Waals surface area (Å²) in [5.74, 6) is 0.830. The van der Waals surface area contributed by atoms with Crippen LogP contribution in [0.15, 0.2) is 35.7 Å². The second-order valence-electron chi connectivity index (χ2n) is 5.96. The van der Waals surface area contributed by atoms with Crippen molar-refractivity contribution in [2.45, 2.75) is 26.2 Å². The van der Waals surface area contributed by atoms with Gasteiger partial charge in [0.05, 0.1) is 11.4 Å². The molecule has 4 nitrogen and oxygen atoms in total. The SMILES string of the molecule is Cc1nn(-c2cccc(Cl)c2C)c2c1[C@@H](c1cccs1)CC(=O)N2. The van der Waals surface area contributed by atoms with Crippen molar-refractivity contribution >= 4 is 34.7 Å². The molecule has 0 bridgehead atoms.